The van der Waals surface area contributed by atoms with Gasteiger partial charge in [0.1, 0.15) is 0 Å². The van der Waals surface area contributed by atoms with Crippen LogP contribution in [-0.4, -0.2) is 39.2 Å². The maximum Gasteiger partial charge on any atom is 0.310 e. The highest BCUT2D eigenvalue weighted by Gasteiger charge is 2.44. The molecule has 6 nitrogen and oxygen atoms in total. The molecule has 1 atom stereocenters. The molecule has 1 saturated heterocycles. The van der Waals surface area contributed by atoms with Crippen molar-refractivity contribution in [2.75, 3.05) is 13.1 Å². The molecule has 17 heavy (non-hydrogen) atoms. The monoisotopic (exact) mass is 239 g/mol. The Morgan fingerprint density at radius 2 is 2.53 bits per heavy atom. The third-order valence-electron chi connectivity index (χ3n) is 3.38. The zero-order valence-corrected chi connectivity index (χ0v) is 9.93. The Kier molecular flexibility index (Phi) is 3.42. The lowest BCUT2D eigenvalue weighted by atomic mass is 9.83. The summed E-state index contributed by atoms with van der Waals surface area (Å²) in [5.41, 5.74) is -0.589. The predicted octanol–water partition coefficient (Wildman–Crippen LogP) is 1.15. The number of rotatable bonds is 5. The fourth-order valence-electron chi connectivity index (χ4n) is 2.51. The Labute approximate surface area is 99.6 Å². The minimum atomic E-state index is -0.688. The van der Waals surface area contributed by atoms with Crippen LogP contribution in [0.3, 0.4) is 0 Å². The highest BCUT2D eigenvalue weighted by Crippen LogP contribution is 2.35. The van der Waals surface area contributed by atoms with Gasteiger partial charge in [0.05, 0.1) is 12.0 Å². The number of aliphatic carboxylic acids is 1. The second-order valence-corrected chi connectivity index (χ2v) is 4.63. The largest absolute Gasteiger partial charge is 0.481 e. The topological polar surface area (TPSA) is 79.5 Å². The first-order valence-electron chi connectivity index (χ1n) is 5.87. The molecule has 1 aliphatic rings. The molecule has 1 aromatic rings. The van der Waals surface area contributed by atoms with Crippen LogP contribution < -0.4 is 0 Å². The Hall–Kier alpha value is -1.43. The summed E-state index contributed by atoms with van der Waals surface area (Å²) in [6.45, 7) is 3.90. The molecule has 0 radical (unpaired) electrons. The van der Waals surface area contributed by atoms with Crippen LogP contribution in [0.5, 0.6) is 0 Å². The van der Waals surface area contributed by atoms with E-state index in [9.17, 15) is 9.90 Å². The van der Waals surface area contributed by atoms with Crippen molar-refractivity contribution in [3.8, 4) is 0 Å². The molecule has 1 N–H and O–H groups in total. The van der Waals surface area contributed by atoms with Crippen molar-refractivity contribution < 1.29 is 14.4 Å². The molecule has 6 heteroatoms. The maximum absolute atomic E-state index is 11.4. The van der Waals surface area contributed by atoms with Crippen LogP contribution in [-0.2, 0) is 11.3 Å². The van der Waals surface area contributed by atoms with Gasteiger partial charge in [0.15, 0.2) is 6.33 Å². The van der Waals surface area contributed by atoms with Crippen molar-refractivity contribution in [1.82, 2.24) is 15.0 Å². The van der Waals surface area contributed by atoms with E-state index in [1.807, 2.05) is 6.92 Å². The lowest BCUT2D eigenvalue weighted by Crippen LogP contribution is -2.34. The molecule has 2 heterocycles. The number of hydrogen-bond donors (Lipinski definition) is 1. The number of nitrogens with zero attached hydrogens (tertiary/aromatic N) is 3. The zero-order valence-electron chi connectivity index (χ0n) is 9.93. The van der Waals surface area contributed by atoms with Gasteiger partial charge in [0, 0.05) is 6.54 Å². The second kappa shape index (κ2) is 4.83. The molecule has 2 rings (SSSR count). The average Bonchev–Trinajstić information content (AvgIpc) is 2.90. The summed E-state index contributed by atoms with van der Waals surface area (Å²) in [5, 5.41) is 12.9. The summed E-state index contributed by atoms with van der Waals surface area (Å²) in [4.78, 5) is 17.4. The molecule has 0 spiro atoms. The second-order valence-electron chi connectivity index (χ2n) is 4.63. The lowest BCUT2D eigenvalue weighted by molar-refractivity contribution is -0.148. The molecule has 0 saturated carbocycles. The molecule has 0 bridgehead atoms. The Morgan fingerprint density at radius 1 is 1.71 bits per heavy atom. The standard InChI is InChI=1S/C11H17N3O3/c1-2-3-11(10(15)16)4-5-14(7-11)6-9-12-8-13-17-9/h8H,2-7H2,1H3,(H,15,16). The van der Waals surface area contributed by atoms with Gasteiger partial charge in [-0.2, -0.15) is 4.98 Å². The molecule has 0 aliphatic carbocycles. The van der Waals surface area contributed by atoms with Gasteiger partial charge in [0.25, 0.3) is 0 Å². The molecular weight excluding hydrogens is 222 g/mol. The van der Waals surface area contributed by atoms with Crippen LogP contribution in [0.25, 0.3) is 0 Å². The number of hydrogen-bond acceptors (Lipinski definition) is 5. The molecule has 1 aliphatic heterocycles. The maximum atomic E-state index is 11.4. The van der Waals surface area contributed by atoms with Crippen molar-refractivity contribution in [2.45, 2.75) is 32.7 Å². The number of carboxylic acids is 1. The van der Waals surface area contributed by atoms with Gasteiger partial charge < -0.3 is 9.63 Å². The van der Waals surface area contributed by atoms with Gasteiger partial charge in [-0.05, 0) is 19.4 Å². The molecule has 94 valence electrons. The van der Waals surface area contributed by atoms with E-state index in [1.165, 1.54) is 6.33 Å². The normalized spacial score (nSPS) is 25.2. The van der Waals surface area contributed by atoms with E-state index < -0.39 is 11.4 Å². The van der Waals surface area contributed by atoms with E-state index in [4.69, 9.17) is 4.52 Å². The SMILES string of the molecule is CCCC1(C(=O)O)CCN(Cc2ncno2)C1. The summed E-state index contributed by atoms with van der Waals surface area (Å²) < 4.78 is 4.93. The van der Waals surface area contributed by atoms with Crippen LogP contribution >= 0.6 is 0 Å². The first kappa shape index (κ1) is 12.0. The van der Waals surface area contributed by atoms with Crippen LogP contribution in [0.1, 0.15) is 32.1 Å². The fourth-order valence-corrected chi connectivity index (χ4v) is 2.51. The van der Waals surface area contributed by atoms with Gasteiger partial charge in [-0.1, -0.05) is 18.5 Å². The van der Waals surface area contributed by atoms with Crippen molar-refractivity contribution >= 4 is 5.97 Å². The third kappa shape index (κ3) is 2.46. The van der Waals surface area contributed by atoms with Crippen LogP contribution in [0, 0.1) is 5.41 Å². The van der Waals surface area contributed by atoms with Crippen LogP contribution in [0.15, 0.2) is 10.9 Å². The minimum absolute atomic E-state index is 0.540. The third-order valence-corrected chi connectivity index (χ3v) is 3.38. The molecular formula is C11H17N3O3. The highest BCUT2D eigenvalue weighted by atomic mass is 16.5. The summed E-state index contributed by atoms with van der Waals surface area (Å²) in [6.07, 6.45) is 3.68. The summed E-state index contributed by atoms with van der Waals surface area (Å²) >= 11 is 0. The van der Waals surface area contributed by atoms with Crippen LogP contribution in [0.2, 0.25) is 0 Å². The Balaban J connectivity index is 1.99. The van der Waals surface area contributed by atoms with Gasteiger partial charge in [-0.3, -0.25) is 9.69 Å². The number of carbonyl (C=O) groups is 1. The van der Waals surface area contributed by atoms with E-state index in [0.717, 1.165) is 19.4 Å². The van der Waals surface area contributed by atoms with Crippen molar-refractivity contribution in [2.24, 2.45) is 5.41 Å². The highest BCUT2D eigenvalue weighted by molar-refractivity contribution is 5.75. The summed E-state index contributed by atoms with van der Waals surface area (Å²) in [5.74, 6) is -0.143. The van der Waals surface area contributed by atoms with Gasteiger partial charge in [0.2, 0.25) is 5.89 Å². The van der Waals surface area contributed by atoms with E-state index in [-0.39, 0.29) is 0 Å². The summed E-state index contributed by atoms with van der Waals surface area (Å²) in [6, 6.07) is 0. The van der Waals surface area contributed by atoms with E-state index >= 15 is 0 Å². The quantitative estimate of drug-likeness (QED) is 0.830. The lowest BCUT2D eigenvalue weighted by Gasteiger charge is -2.23. The zero-order chi connectivity index (χ0) is 12.3. The van der Waals surface area contributed by atoms with E-state index in [1.54, 1.807) is 0 Å². The molecule has 1 unspecified atom stereocenters. The van der Waals surface area contributed by atoms with Crippen molar-refractivity contribution in [3.63, 3.8) is 0 Å². The number of carboxylic acid groups (broad SMARTS) is 1. The fraction of sp³-hybridized carbons (Fsp3) is 0.727. The Morgan fingerprint density at radius 3 is 3.12 bits per heavy atom. The van der Waals surface area contributed by atoms with Crippen molar-refractivity contribution in [1.29, 1.82) is 0 Å². The first-order chi connectivity index (χ1) is 8.16. The Bertz CT molecular complexity index is 379. The molecule has 0 aromatic carbocycles. The molecule has 1 fully saturated rings. The molecule has 1 aromatic heterocycles. The predicted molar refractivity (Wildman–Crippen MR) is 59.2 cm³/mol. The van der Waals surface area contributed by atoms with E-state index in [2.05, 4.69) is 15.0 Å². The van der Waals surface area contributed by atoms with Gasteiger partial charge in [-0.25, -0.2) is 0 Å². The van der Waals surface area contributed by atoms with Gasteiger partial charge >= 0.3 is 5.97 Å². The molecule has 0 amide bonds. The minimum Gasteiger partial charge on any atom is -0.481 e. The summed E-state index contributed by atoms with van der Waals surface area (Å²) in [7, 11) is 0. The average molecular weight is 239 g/mol. The van der Waals surface area contributed by atoms with E-state index in [0.29, 0.717) is 25.4 Å². The van der Waals surface area contributed by atoms with Crippen LogP contribution in [0.4, 0.5) is 0 Å². The van der Waals surface area contributed by atoms with Crippen molar-refractivity contribution in [3.05, 3.63) is 12.2 Å². The first-order valence-corrected chi connectivity index (χ1v) is 5.87. The smallest absolute Gasteiger partial charge is 0.310 e. The number of aromatic nitrogens is 2. The van der Waals surface area contributed by atoms with Gasteiger partial charge in [-0.15, -0.1) is 0 Å². The number of likely N-dealkylation sites (tertiary alicyclic amines) is 1.